The van der Waals surface area contributed by atoms with E-state index in [-0.39, 0.29) is 11.8 Å². The molecule has 4 atom stereocenters. The highest BCUT2D eigenvalue weighted by molar-refractivity contribution is 5.53. The molecule has 0 radical (unpaired) electrons. The third kappa shape index (κ3) is 2.46. The molecule has 2 aliphatic heterocycles. The van der Waals surface area contributed by atoms with Gasteiger partial charge in [-0.25, -0.2) is 0 Å². The Morgan fingerprint density at radius 1 is 0.577 bits per heavy atom. The molecular formula is C18H18O8. The third-order valence-electron chi connectivity index (χ3n) is 5.11. The van der Waals surface area contributed by atoms with Gasteiger partial charge in [-0.1, -0.05) is 0 Å². The summed E-state index contributed by atoms with van der Waals surface area (Å²) < 4.78 is 11.7. The minimum atomic E-state index is -0.584. The first-order valence-corrected chi connectivity index (χ1v) is 8.09. The molecule has 4 rings (SSSR count). The summed E-state index contributed by atoms with van der Waals surface area (Å²) in [5.74, 6) is -3.07. The van der Waals surface area contributed by atoms with E-state index in [0.29, 0.717) is 24.3 Å². The van der Waals surface area contributed by atoms with Crippen LogP contribution in [-0.4, -0.2) is 43.9 Å². The molecule has 2 saturated heterocycles. The quantitative estimate of drug-likeness (QED) is 0.446. The first-order chi connectivity index (χ1) is 12.4. The number of benzene rings is 2. The zero-order valence-electron chi connectivity index (χ0n) is 13.5. The Labute approximate surface area is 148 Å². The van der Waals surface area contributed by atoms with Crippen molar-refractivity contribution in [3.05, 3.63) is 35.4 Å². The molecule has 2 heterocycles. The predicted octanol–water partition coefficient (Wildman–Crippen LogP) is 2.00. The molecule has 2 aromatic carbocycles. The van der Waals surface area contributed by atoms with E-state index in [9.17, 15) is 30.6 Å². The highest BCUT2D eigenvalue weighted by Gasteiger charge is 2.48. The van der Waals surface area contributed by atoms with Crippen molar-refractivity contribution in [1.82, 2.24) is 0 Å². The van der Waals surface area contributed by atoms with Gasteiger partial charge in [0.15, 0.2) is 34.5 Å². The van der Waals surface area contributed by atoms with Crippen LogP contribution in [0.2, 0.25) is 0 Å². The minimum Gasteiger partial charge on any atom is -0.504 e. The Kier molecular flexibility index (Phi) is 3.74. The van der Waals surface area contributed by atoms with Gasteiger partial charge in [-0.2, -0.15) is 0 Å². The minimum absolute atomic E-state index is 0.0820. The molecule has 138 valence electrons. The van der Waals surface area contributed by atoms with E-state index in [0.717, 1.165) is 0 Å². The van der Waals surface area contributed by atoms with Crippen molar-refractivity contribution >= 4 is 0 Å². The summed E-state index contributed by atoms with van der Waals surface area (Å²) in [5.41, 5.74) is 1.04. The van der Waals surface area contributed by atoms with Crippen molar-refractivity contribution in [2.24, 2.45) is 11.8 Å². The topological polar surface area (TPSA) is 140 Å². The molecular weight excluding hydrogens is 344 g/mol. The summed E-state index contributed by atoms with van der Waals surface area (Å²) in [6.07, 6.45) is -0.886. The fourth-order valence-electron chi connectivity index (χ4n) is 3.81. The molecule has 0 spiro atoms. The van der Waals surface area contributed by atoms with E-state index >= 15 is 0 Å². The van der Waals surface area contributed by atoms with Crippen LogP contribution < -0.4 is 0 Å². The van der Waals surface area contributed by atoms with Gasteiger partial charge < -0.3 is 40.1 Å². The van der Waals surface area contributed by atoms with Crippen molar-refractivity contribution in [1.29, 1.82) is 0 Å². The van der Waals surface area contributed by atoms with Crippen molar-refractivity contribution < 1.29 is 40.1 Å². The summed E-state index contributed by atoms with van der Waals surface area (Å²) in [4.78, 5) is 0. The van der Waals surface area contributed by atoms with E-state index in [1.165, 1.54) is 24.3 Å². The number of ether oxygens (including phenoxy) is 2. The van der Waals surface area contributed by atoms with E-state index in [1.54, 1.807) is 0 Å². The second-order valence-corrected chi connectivity index (χ2v) is 6.65. The lowest BCUT2D eigenvalue weighted by Gasteiger charge is -2.18. The van der Waals surface area contributed by atoms with Crippen LogP contribution in [0.1, 0.15) is 23.3 Å². The van der Waals surface area contributed by atoms with Crippen LogP contribution >= 0.6 is 0 Å². The average molecular weight is 362 g/mol. The molecule has 8 heteroatoms. The lowest BCUT2D eigenvalue weighted by atomic mass is 9.84. The van der Waals surface area contributed by atoms with E-state index in [2.05, 4.69) is 0 Å². The third-order valence-corrected chi connectivity index (χ3v) is 5.11. The van der Waals surface area contributed by atoms with Gasteiger partial charge >= 0.3 is 0 Å². The Morgan fingerprint density at radius 3 is 1.19 bits per heavy atom. The summed E-state index contributed by atoms with van der Waals surface area (Å²) in [6.45, 7) is 0.676. The second-order valence-electron chi connectivity index (χ2n) is 6.65. The van der Waals surface area contributed by atoms with Crippen LogP contribution in [0.4, 0.5) is 0 Å². The SMILES string of the molecule is Oc1cc(C2OCC3C(c4cc(O)c(O)c(O)c4)OCC23)cc(O)c1O. The first-order valence-electron chi connectivity index (χ1n) is 8.09. The van der Waals surface area contributed by atoms with E-state index in [4.69, 9.17) is 9.47 Å². The highest BCUT2D eigenvalue weighted by Crippen LogP contribution is 2.53. The zero-order chi connectivity index (χ0) is 18.6. The molecule has 4 unspecified atom stereocenters. The number of rotatable bonds is 2. The summed E-state index contributed by atoms with van der Waals surface area (Å²) >= 11 is 0. The standard InChI is InChI=1S/C18H18O8/c19-11-1-7(2-12(20)15(11)23)17-9-5-26-18(10(9)6-25-17)8-3-13(21)16(24)14(22)4-8/h1-4,9-10,17-24H,5-6H2. The molecule has 26 heavy (non-hydrogen) atoms. The average Bonchev–Trinajstić information content (AvgIpc) is 3.18. The zero-order valence-corrected chi connectivity index (χ0v) is 13.5. The van der Waals surface area contributed by atoms with Gasteiger partial charge in [-0.3, -0.25) is 0 Å². The van der Waals surface area contributed by atoms with Crippen LogP contribution in [0.5, 0.6) is 34.5 Å². The molecule has 2 aromatic rings. The van der Waals surface area contributed by atoms with Crippen LogP contribution in [0.3, 0.4) is 0 Å². The van der Waals surface area contributed by atoms with Gasteiger partial charge in [0.05, 0.1) is 25.4 Å². The van der Waals surface area contributed by atoms with E-state index < -0.39 is 46.7 Å². The fourth-order valence-corrected chi connectivity index (χ4v) is 3.81. The maximum Gasteiger partial charge on any atom is 0.200 e. The molecule has 0 aliphatic carbocycles. The Hall–Kier alpha value is -2.84. The summed E-state index contributed by atoms with van der Waals surface area (Å²) in [5, 5.41) is 57.9. The van der Waals surface area contributed by atoms with Gasteiger partial charge in [0.25, 0.3) is 0 Å². The number of fused-ring (bicyclic) bond motifs is 1. The summed E-state index contributed by atoms with van der Waals surface area (Å²) in [6, 6.07) is 5.36. The number of aromatic hydroxyl groups is 6. The highest BCUT2D eigenvalue weighted by atomic mass is 16.5. The maximum atomic E-state index is 9.72. The van der Waals surface area contributed by atoms with Gasteiger partial charge in [0, 0.05) is 11.8 Å². The normalized spacial score (nSPS) is 27.5. The largest absolute Gasteiger partial charge is 0.504 e. The molecule has 0 amide bonds. The molecule has 2 aliphatic rings. The van der Waals surface area contributed by atoms with Gasteiger partial charge in [0.2, 0.25) is 0 Å². The van der Waals surface area contributed by atoms with Crippen LogP contribution in [-0.2, 0) is 9.47 Å². The van der Waals surface area contributed by atoms with E-state index in [1.807, 2.05) is 0 Å². The fraction of sp³-hybridized carbons (Fsp3) is 0.333. The smallest absolute Gasteiger partial charge is 0.200 e. The monoisotopic (exact) mass is 362 g/mol. The second kappa shape index (κ2) is 5.86. The first kappa shape index (κ1) is 16.6. The van der Waals surface area contributed by atoms with Gasteiger partial charge in [-0.05, 0) is 35.4 Å². The molecule has 2 fully saturated rings. The van der Waals surface area contributed by atoms with Crippen LogP contribution in [0.15, 0.2) is 24.3 Å². The maximum absolute atomic E-state index is 9.72. The number of phenols is 6. The molecule has 8 nitrogen and oxygen atoms in total. The number of hydrogen-bond donors (Lipinski definition) is 6. The Morgan fingerprint density at radius 2 is 0.885 bits per heavy atom. The molecule has 0 aromatic heterocycles. The molecule has 0 bridgehead atoms. The predicted molar refractivity (Wildman–Crippen MR) is 87.2 cm³/mol. The van der Waals surface area contributed by atoms with Gasteiger partial charge in [0.1, 0.15) is 0 Å². The van der Waals surface area contributed by atoms with Crippen molar-refractivity contribution in [3.8, 4) is 34.5 Å². The van der Waals surface area contributed by atoms with Crippen LogP contribution in [0.25, 0.3) is 0 Å². The van der Waals surface area contributed by atoms with Crippen molar-refractivity contribution in [3.63, 3.8) is 0 Å². The number of phenolic OH excluding ortho intramolecular Hbond substituents is 6. The van der Waals surface area contributed by atoms with Crippen LogP contribution in [0, 0.1) is 11.8 Å². The molecule has 0 saturated carbocycles. The Bertz CT molecular complexity index is 747. The number of hydrogen-bond acceptors (Lipinski definition) is 8. The van der Waals surface area contributed by atoms with Gasteiger partial charge in [-0.15, -0.1) is 0 Å². The molecule has 6 N–H and O–H groups in total. The lowest BCUT2D eigenvalue weighted by molar-refractivity contribution is 0.0190. The van der Waals surface area contributed by atoms with Crippen molar-refractivity contribution in [2.75, 3.05) is 13.2 Å². The Balaban J connectivity index is 1.62. The summed E-state index contributed by atoms with van der Waals surface area (Å²) in [7, 11) is 0. The lowest BCUT2D eigenvalue weighted by Crippen LogP contribution is -2.14. The van der Waals surface area contributed by atoms with Crippen molar-refractivity contribution in [2.45, 2.75) is 12.2 Å².